The number of hydrogen-bond acceptors (Lipinski definition) is 6. The fraction of sp³-hybridized carbons (Fsp3) is 0.111. The van der Waals surface area contributed by atoms with Crippen molar-refractivity contribution in [3.63, 3.8) is 0 Å². The SMILES string of the molecule is COC(=O)c1sccc1NC(=O)c1ncn[nH]1. The number of thiophene rings is 1. The van der Waals surface area contributed by atoms with Gasteiger partial charge in [-0.2, -0.15) is 5.10 Å². The summed E-state index contributed by atoms with van der Waals surface area (Å²) < 4.78 is 4.59. The molecule has 8 heteroatoms. The Morgan fingerprint density at radius 1 is 1.53 bits per heavy atom. The number of aromatic amines is 1. The highest BCUT2D eigenvalue weighted by molar-refractivity contribution is 7.12. The van der Waals surface area contributed by atoms with E-state index >= 15 is 0 Å². The third-order valence-electron chi connectivity index (χ3n) is 1.91. The number of methoxy groups -OCH3 is 1. The molecular formula is C9H8N4O3S. The maximum atomic E-state index is 11.6. The van der Waals surface area contributed by atoms with Gasteiger partial charge in [-0.15, -0.1) is 11.3 Å². The van der Waals surface area contributed by atoms with Gasteiger partial charge in [0.25, 0.3) is 5.91 Å². The molecule has 0 saturated carbocycles. The smallest absolute Gasteiger partial charge is 0.350 e. The molecule has 0 aromatic carbocycles. The highest BCUT2D eigenvalue weighted by Gasteiger charge is 2.17. The van der Waals surface area contributed by atoms with Gasteiger partial charge in [-0.1, -0.05) is 0 Å². The van der Waals surface area contributed by atoms with Crippen LogP contribution in [0.25, 0.3) is 0 Å². The third-order valence-corrected chi connectivity index (χ3v) is 2.81. The first-order chi connectivity index (χ1) is 8.22. The second-order valence-electron chi connectivity index (χ2n) is 2.94. The molecular weight excluding hydrogens is 244 g/mol. The number of esters is 1. The Morgan fingerprint density at radius 2 is 2.35 bits per heavy atom. The zero-order valence-electron chi connectivity index (χ0n) is 8.76. The molecule has 0 atom stereocenters. The number of nitrogens with one attached hydrogen (secondary N) is 2. The Bertz CT molecular complexity index is 534. The average Bonchev–Trinajstić information content (AvgIpc) is 2.98. The van der Waals surface area contributed by atoms with Crippen LogP contribution in [0.1, 0.15) is 20.3 Å². The van der Waals surface area contributed by atoms with Crippen molar-refractivity contribution in [2.75, 3.05) is 12.4 Å². The minimum atomic E-state index is -0.493. The molecule has 0 spiro atoms. The molecule has 0 saturated heterocycles. The molecule has 2 N–H and O–H groups in total. The highest BCUT2D eigenvalue weighted by Crippen LogP contribution is 2.23. The molecule has 2 rings (SSSR count). The summed E-state index contributed by atoms with van der Waals surface area (Å²) in [5.41, 5.74) is 0.392. The van der Waals surface area contributed by atoms with Crippen LogP contribution < -0.4 is 5.32 Å². The Hall–Kier alpha value is -2.22. The summed E-state index contributed by atoms with van der Waals surface area (Å²) in [6.45, 7) is 0. The summed E-state index contributed by atoms with van der Waals surface area (Å²) >= 11 is 1.19. The van der Waals surface area contributed by atoms with Crippen LogP contribution in [0.5, 0.6) is 0 Å². The minimum absolute atomic E-state index is 0.0759. The standard InChI is InChI=1S/C9H8N4O3S/c1-16-9(15)6-5(2-3-17-6)12-8(14)7-10-4-11-13-7/h2-4H,1H3,(H,12,14)(H,10,11,13). The lowest BCUT2D eigenvalue weighted by Gasteiger charge is -2.02. The van der Waals surface area contributed by atoms with Crippen LogP contribution in [0, 0.1) is 0 Å². The summed E-state index contributed by atoms with van der Waals surface area (Å²) in [5.74, 6) is -0.883. The van der Waals surface area contributed by atoms with E-state index in [4.69, 9.17) is 0 Å². The van der Waals surface area contributed by atoms with E-state index in [1.54, 1.807) is 11.4 Å². The van der Waals surface area contributed by atoms with Crippen LogP contribution in [0.4, 0.5) is 5.69 Å². The number of ether oxygens (including phenoxy) is 1. The number of rotatable bonds is 3. The fourth-order valence-electron chi connectivity index (χ4n) is 1.15. The molecule has 2 heterocycles. The second kappa shape index (κ2) is 4.74. The Balaban J connectivity index is 2.17. The van der Waals surface area contributed by atoms with E-state index in [1.165, 1.54) is 24.8 Å². The fourth-order valence-corrected chi connectivity index (χ4v) is 1.92. The third kappa shape index (κ3) is 2.31. The predicted molar refractivity (Wildman–Crippen MR) is 60.0 cm³/mol. The Morgan fingerprint density at radius 3 is 3.00 bits per heavy atom. The molecule has 0 aliphatic carbocycles. The van der Waals surface area contributed by atoms with Gasteiger partial charge in [0.05, 0.1) is 12.8 Å². The van der Waals surface area contributed by atoms with Crippen LogP contribution in [-0.2, 0) is 4.74 Å². The minimum Gasteiger partial charge on any atom is -0.465 e. The van der Waals surface area contributed by atoms with E-state index in [0.29, 0.717) is 10.6 Å². The number of anilines is 1. The lowest BCUT2D eigenvalue weighted by Crippen LogP contribution is -2.15. The van der Waals surface area contributed by atoms with Crippen molar-refractivity contribution in [1.29, 1.82) is 0 Å². The number of aromatic nitrogens is 3. The van der Waals surface area contributed by atoms with E-state index in [-0.39, 0.29) is 5.82 Å². The van der Waals surface area contributed by atoms with Crippen molar-refractivity contribution in [2.24, 2.45) is 0 Å². The first-order valence-electron chi connectivity index (χ1n) is 4.55. The van der Waals surface area contributed by atoms with Gasteiger partial charge in [0.1, 0.15) is 11.2 Å². The molecule has 0 unspecified atom stereocenters. The summed E-state index contributed by atoms with van der Waals surface area (Å²) in [6, 6.07) is 1.62. The maximum Gasteiger partial charge on any atom is 0.350 e. The number of hydrogen-bond donors (Lipinski definition) is 2. The van der Waals surface area contributed by atoms with Crippen molar-refractivity contribution in [1.82, 2.24) is 15.2 Å². The summed E-state index contributed by atoms with van der Waals surface area (Å²) in [6.07, 6.45) is 1.23. The van der Waals surface area contributed by atoms with Crippen LogP contribution >= 0.6 is 11.3 Å². The molecule has 0 aliphatic rings. The number of H-pyrrole nitrogens is 1. The van der Waals surface area contributed by atoms with E-state index in [2.05, 4.69) is 25.2 Å². The number of nitrogens with zero attached hydrogens (tertiary/aromatic N) is 2. The van der Waals surface area contributed by atoms with Gasteiger partial charge in [0, 0.05) is 0 Å². The predicted octanol–water partition coefficient (Wildman–Crippen LogP) is 0.905. The Labute approximate surface area is 99.8 Å². The van der Waals surface area contributed by atoms with Crippen LogP contribution in [0.2, 0.25) is 0 Å². The molecule has 17 heavy (non-hydrogen) atoms. The van der Waals surface area contributed by atoms with Crippen molar-refractivity contribution >= 4 is 28.9 Å². The van der Waals surface area contributed by atoms with E-state index < -0.39 is 11.9 Å². The van der Waals surface area contributed by atoms with Gasteiger partial charge in [-0.25, -0.2) is 9.78 Å². The van der Waals surface area contributed by atoms with Gasteiger partial charge in [-0.05, 0) is 11.4 Å². The molecule has 7 nitrogen and oxygen atoms in total. The zero-order chi connectivity index (χ0) is 12.3. The van der Waals surface area contributed by atoms with E-state index in [9.17, 15) is 9.59 Å². The summed E-state index contributed by atoms with van der Waals surface area (Å²) in [7, 11) is 1.28. The molecule has 88 valence electrons. The first-order valence-corrected chi connectivity index (χ1v) is 5.43. The largest absolute Gasteiger partial charge is 0.465 e. The van der Waals surface area contributed by atoms with Crippen molar-refractivity contribution in [3.8, 4) is 0 Å². The number of amides is 1. The van der Waals surface area contributed by atoms with Crippen molar-refractivity contribution in [2.45, 2.75) is 0 Å². The van der Waals surface area contributed by atoms with Crippen molar-refractivity contribution in [3.05, 3.63) is 28.5 Å². The lowest BCUT2D eigenvalue weighted by molar-refractivity contribution is 0.0607. The monoisotopic (exact) mass is 252 g/mol. The highest BCUT2D eigenvalue weighted by atomic mass is 32.1. The first kappa shape index (κ1) is 11.3. The quantitative estimate of drug-likeness (QED) is 0.791. The summed E-state index contributed by atoms with van der Waals surface area (Å²) in [5, 5.41) is 10.2. The molecule has 0 aliphatic heterocycles. The van der Waals surface area contributed by atoms with E-state index in [1.807, 2.05) is 0 Å². The van der Waals surface area contributed by atoms with Gasteiger partial charge in [0.15, 0.2) is 0 Å². The normalized spacial score (nSPS) is 9.94. The van der Waals surface area contributed by atoms with Crippen LogP contribution in [0.15, 0.2) is 17.8 Å². The zero-order valence-corrected chi connectivity index (χ0v) is 9.58. The molecule has 0 fully saturated rings. The van der Waals surface area contributed by atoms with Crippen LogP contribution in [0.3, 0.4) is 0 Å². The van der Waals surface area contributed by atoms with E-state index in [0.717, 1.165) is 0 Å². The van der Waals surface area contributed by atoms with Gasteiger partial charge in [-0.3, -0.25) is 9.89 Å². The van der Waals surface area contributed by atoms with Gasteiger partial charge in [0.2, 0.25) is 5.82 Å². The second-order valence-corrected chi connectivity index (χ2v) is 3.86. The lowest BCUT2D eigenvalue weighted by atomic mass is 10.3. The Kier molecular flexibility index (Phi) is 3.15. The van der Waals surface area contributed by atoms with Gasteiger partial charge < -0.3 is 10.1 Å². The molecule has 2 aromatic heterocycles. The number of carbonyl (C=O) groups is 2. The maximum absolute atomic E-state index is 11.6. The van der Waals surface area contributed by atoms with Crippen LogP contribution in [-0.4, -0.2) is 34.2 Å². The average molecular weight is 252 g/mol. The molecule has 1 amide bonds. The van der Waals surface area contributed by atoms with Gasteiger partial charge >= 0.3 is 5.97 Å². The molecule has 2 aromatic rings. The van der Waals surface area contributed by atoms with Crippen molar-refractivity contribution < 1.29 is 14.3 Å². The molecule has 0 radical (unpaired) electrons. The summed E-state index contributed by atoms with van der Waals surface area (Å²) in [4.78, 5) is 27.0. The molecule has 0 bridgehead atoms. The topological polar surface area (TPSA) is 97.0 Å². The number of carbonyl (C=O) groups excluding carboxylic acids is 2.